The molecule has 3 aromatic rings. The van der Waals surface area contributed by atoms with Gasteiger partial charge in [0.15, 0.2) is 0 Å². The second-order valence-electron chi connectivity index (χ2n) is 14.4. The third-order valence-electron chi connectivity index (χ3n) is 7.02. The van der Waals surface area contributed by atoms with Crippen LogP contribution in [0.15, 0.2) is 60.7 Å². The lowest BCUT2D eigenvalue weighted by molar-refractivity contribution is 0.306. The van der Waals surface area contributed by atoms with Gasteiger partial charge in [-0.05, 0) is 94.2 Å². The van der Waals surface area contributed by atoms with E-state index in [-0.39, 0.29) is 10.8 Å². The van der Waals surface area contributed by atoms with E-state index in [1.807, 2.05) is 0 Å². The van der Waals surface area contributed by atoms with Crippen LogP contribution in [-0.2, 0) is 23.8 Å². The molecule has 0 aromatic heterocycles. The van der Waals surface area contributed by atoms with E-state index in [1.54, 1.807) is 0 Å². The fraction of sp³-hybridized carbons (Fsp3) is 0.486. The van der Waals surface area contributed by atoms with Crippen LogP contribution in [0.25, 0.3) is 0 Å². The molecule has 0 fully saturated rings. The van der Waals surface area contributed by atoms with Crippen LogP contribution in [0.3, 0.4) is 0 Å². The molecule has 206 valence electrons. The highest BCUT2D eigenvalue weighted by molar-refractivity contribution is 5.63. The first-order valence-corrected chi connectivity index (χ1v) is 14.1. The molecule has 38 heavy (non-hydrogen) atoms. The van der Waals surface area contributed by atoms with E-state index in [1.165, 1.54) is 17.5 Å². The first-order chi connectivity index (χ1) is 17.5. The number of hydrogen-bond acceptors (Lipinski definition) is 3. The maximum absolute atomic E-state index is 11.1. The summed E-state index contributed by atoms with van der Waals surface area (Å²) in [5.74, 6) is 1.07. The fourth-order valence-corrected chi connectivity index (χ4v) is 5.11. The average Bonchev–Trinajstić information content (AvgIpc) is 2.78. The molecule has 0 bridgehead atoms. The summed E-state index contributed by atoms with van der Waals surface area (Å²) in [7, 11) is 0. The van der Waals surface area contributed by atoms with Crippen molar-refractivity contribution < 1.29 is 5.11 Å². The van der Waals surface area contributed by atoms with Gasteiger partial charge >= 0.3 is 0 Å². The van der Waals surface area contributed by atoms with Crippen molar-refractivity contribution in [1.82, 2.24) is 0 Å². The van der Waals surface area contributed by atoms with Crippen LogP contribution in [0.1, 0.15) is 97.9 Å². The van der Waals surface area contributed by atoms with Crippen LogP contribution in [-0.4, -0.2) is 5.11 Å². The van der Waals surface area contributed by atoms with E-state index < -0.39 is 0 Å². The van der Waals surface area contributed by atoms with Gasteiger partial charge in [0.2, 0.25) is 0 Å². The zero-order chi connectivity index (χ0) is 28.3. The van der Waals surface area contributed by atoms with Crippen LogP contribution in [0.4, 0.5) is 17.1 Å². The maximum atomic E-state index is 11.1. The van der Waals surface area contributed by atoms with Crippen molar-refractivity contribution in [3.8, 4) is 5.75 Å². The minimum Gasteiger partial charge on any atom is -0.507 e. The van der Waals surface area contributed by atoms with Crippen molar-refractivity contribution in [2.45, 2.75) is 99.5 Å². The Kier molecular flexibility index (Phi) is 8.91. The Morgan fingerprint density at radius 1 is 0.711 bits per heavy atom. The minimum absolute atomic E-state index is 0.0125. The molecule has 0 aliphatic heterocycles. The normalized spacial score (nSPS) is 13.3. The molecule has 0 spiro atoms. The van der Waals surface area contributed by atoms with Gasteiger partial charge in [-0.3, -0.25) is 0 Å². The van der Waals surface area contributed by atoms with Gasteiger partial charge < -0.3 is 15.7 Å². The lowest BCUT2D eigenvalue weighted by atomic mass is 9.79. The van der Waals surface area contributed by atoms with Crippen molar-refractivity contribution in [2.24, 2.45) is 11.3 Å². The standard InChI is InChI=1S/C35H50N2O/c1-24(22-33(2,3)4)19-25-11-13-29(14-12-25)37-30-17-15-28(16-18-30)36-23-26-20-27(34(5,6)7)21-31(32(26)38)35(8,9)10/h11-18,20-21,24,36-38H,19,22-23H2,1-10H3. The highest BCUT2D eigenvalue weighted by Gasteiger charge is 2.24. The minimum atomic E-state index is -0.129. The lowest BCUT2D eigenvalue weighted by Crippen LogP contribution is -2.18. The summed E-state index contributed by atoms with van der Waals surface area (Å²) in [4.78, 5) is 0. The van der Waals surface area contributed by atoms with E-state index in [0.29, 0.717) is 23.6 Å². The maximum Gasteiger partial charge on any atom is 0.124 e. The van der Waals surface area contributed by atoms with Crippen molar-refractivity contribution in [2.75, 3.05) is 10.6 Å². The predicted octanol–water partition coefficient (Wildman–Crippen LogP) is 9.96. The molecule has 3 rings (SSSR count). The van der Waals surface area contributed by atoms with Gasteiger partial charge in [0.1, 0.15) is 5.75 Å². The quantitative estimate of drug-likeness (QED) is 0.280. The Morgan fingerprint density at radius 3 is 1.74 bits per heavy atom. The van der Waals surface area contributed by atoms with E-state index in [9.17, 15) is 5.11 Å². The highest BCUT2D eigenvalue weighted by Crippen LogP contribution is 2.38. The number of phenolic OH excluding ortho intramolecular Hbond substituents is 1. The predicted molar refractivity (Wildman–Crippen MR) is 166 cm³/mol. The largest absolute Gasteiger partial charge is 0.507 e. The fourth-order valence-electron chi connectivity index (χ4n) is 5.11. The molecule has 0 saturated heterocycles. The van der Waals surface area contributed by atoms with E-state index in [2.05, 4.69) is 141 Å². The van der Waals surface area contributed by atoms with E-state index in [4.69, 9.17) is 0 Å². The molecular weight excluding hydrogens is 464 g/mol. The number of hydrogen-bond donors (Lipinski definition) is 3. The molecule has 0 heterocycles. The van der Waals surface area contributed by atoms with Gasteiger partial charge in [-0.25, -0.2) is 0 Å². The van der Waals surface area contributed by atoms with Crippen molar-refractivity contribution in [3.63, 3.8) is 0 Å². The summed E-state index contributed by atoms with van der Waals surface area (Å²) >= 11 is 0. The number of phenols is 1. The summed E-state index contributed by atoms with van der Waals surface area (Å²) in [6.07, 6.45) is 2.34. The highest BCUT2D eigenvalue weighted by atomic mass is 16.3. The van der Waals surface area contributed by atoms with Crippen LogP contribution in [0, 0.1) is 11.3 Å². The zero-order valence-electron chi connectivity index (χ0n) is 25.4. The molecule has 0 aliphatic rings. The molecule has 0 radical (unpaired) electrons. The number of nitrogens with one attached hydrogen (secondary N) is 2. The first kappa shape index (κ1) is 29.6. The van der Waals surface area contributed by atoms with E-state index in [0.717, 1.165) is 34.6 Å². The molecule has 3 nitrogen and oxygen atoms in total. The summed E-state index contributed by atoms with van der Waals surface area (Å²) < 4.78 is 0. The van der Waals surface area contributed by atoms with Gasteiger partial charge in [-0.2, -0.15) is 0 Å². The molecule has 0 aliphatic carbocycles. The topological polar surface area (TPSA) is 44.3 Å². The number of benzene rings is 3. The van der Waals surface area contributed by atoms with Crippen molar-refractivity contribution in [3.05, 3.63) is 82.9 Å². The number of aromatic hydroxyl groups is 1. The summed E-state index contributed by atoms with van der Waals surface area (Å²) in [5, 5.41) is 18.1. The number of rotatable bonds is 8. The Balaban J connectivity index is 1.64. The van der Waals surface area contributed by atoms with Gasteiger partial charge in [-0.1, -0.05) is 87.4 Å². The van der Waals surface area contributed by atoms with Crippen molar-refractivity contribution >= 4 is 17.1 Å². The number of anilines is 3. The molecule has 1 unspecified atom stereocenters. The Labute approximate surface area is 232 Å². The average molecular weight is 515 g/mol. The van der Waals surface area contributed by atoms with Gasteiger partial charge in [0.25, 0.3) is 0 Å². The van der Waals surface area contributed by atoms with Gasteiger partial charge in [0, 0.05) is 29.2 Å². The smallest absolute Gasteiger partial charge is 0.124 e. The molecule has 1 atom stereocenters. The van der Waals surface area contributed by atoms with E-state index >= 15 is 0 Å². The van der Waals surface area contributed by atoms with Crippen molar-refractivity contribution in [1.29, 1.82) is 0 Å². The second-order valence-corrected chi connectivity index (χ2v) is 14.4. The Morgan fingerprint density at radius 2 is 1.24 bits per heavy atom. The Hall–Kier alpha value is -2.94. The second kappa shape index (κ2) is 11.4. The lowest BCUT2D eigenvalue weighted by Gasteiger charge is -2.27. The van der Waals surface area contributed by atoms with Crippen LogP contribution in [0.2, 0.25) is 0 Å². The third kappa shape index (κ3) is 8.55. The summed E-state index contributed by atoms with van der Waals surface area (Å²) in [6.45, 7) is 23.0. The molecule has 0 amide bonds. The van der Waals surface area contributed by atoms with Crippen LogP contribution in [0.5, 0.6) is 5.75 Å². The zero-order valence-corrected chi connectivity index (χ0v) is 25.4. The monoisotopic (exact) mass is 514 g/mol. The molecule has 3 N–H and O–H groups in total. The molecule has 3 heteroatoms. The Bertz CT molecular complexity index is 1190. The summed E-state index contributed by atoms with van der Waals surface area (Å²) in [5.41, 5.74) is 7.98. The first-order valence-electron chi connectivity index (χ1n) is 14.1. The SMILES string of the molecule is CC(Cc1ccc(Nc2ccc(NCc3cc(C(C)(C)C)cc(C(C)(C)C)c3O)cc2)cc1)CC(C)(C)C. The van der Waals surface area contributed by atoms with Gasteiger partial charge in [-0.15, -0.1) is 0 Å². The molecular formula is C35H50N2O. The third-order valence-corrected chi connectivity index (χ3v) is 7.02. The molecule has 3 aromatic carbocycles. The molecule has 0 saturated carbocycles. The summed E-state index contributed by atoms with van der Waals surface area (Å²) in [6, 6.07) is 21.5. The van der Waals surface area contributed by atoms with Gasteiger partial charge in [0.05, 0.1) is 0 Å². The van der Waals surface area contributed by atoms with Crippen LogP contribution >= 0.6 is 0 Å². The van der Waals surface area contributed by atoms with Crippen LogP contribution < -0.4 is 10.6 Å².